The predicted molar refractivity (Wildman–Crippen MR) is 82.7 cm³/mol. The molecule has 0 saturated heterocycles. The van der Waals surface area contributed by atoms with Crippen molar-refractivity contribution in [3.8, 4) is 0 Å². The number of aliphatic hydroxyl groups is 1. The van der Waals surface area contributed by atoms with Crippen molar-refractivity contribution in [3.63, 3.8) is 0 Å². The molecule has 0 aliphatic heterocycles. The molecule has 2 aromatic rings. The molecule has 1 aliphatic rings. The molecule has 1 saturated carbocycles. The van der Waals surface area contributed by atoms with Crippen LogP contribution in [0.25, 0.3) is 0 Å². The van der Waals surface area contributed by atoms with Crippen molar-refractivity contribution in [2.24, 2.45) is 0 Å². The molecule has 1 N–H and O–H groups in total. The molecule has 21 heavy (non-hydrogen) atoms. The molecule has 1 atom stereocenters. The van der Waals surface area contributed by atoms with Crippen LogP contribution < -0.4 is 0 Å². The predicted octanol–water partition coefficient (Wildman–Crippen LogP) is 4.68. The third-order valence-electron chi connectivity index (χ3n) is 4.89. The van der Waals surface area contributed by atoms with Gasteiger partial charge in [-0.25, -0.2) is 4.39 Å². The lowest BCUT2D eigenvalue weighted by molar-refractivity contribution is 0.0816. The third kappa shape index (κ3) is 2.49. The van der Waals surface area contributed by atoms with E-state index in [1.54, 1.807) is 6.07 Å². The maximum atomic E-state index is 13.3. The highest BCUT2D eigenvalue weighted by Crippen LogP contribution is 2.50. The van der Waals surface area contributed by atoms with Crippen LogP contribution in [0.3, 0.4) is 0 Å². The third-order valence-corrected chi connectivity index (χ3v) is 4.89. The van der Waals surface area contributed by atoms with Crippen LogP contribution in [0.4, 0.5) is 4.39 Å². The molecule has 0 amide bonds. The van der Waals surface area contributed by atoms with E-state index >= 15 is 0 Å². The van der Waals surface area contributed by atoms with E-state index in [-0.39, 0.29) is 11.2 Å². The molecule has 2 heteroatoms. The summed E-state index contributed by atoms with van der Waals surface area (Å²) in [4.78, 5) is 0. The normalized spacial score (nSPS) is 18.6. The topological polar surface area (TPSA) is 20.2 Å². The molecule has 0 spiro atoms. The largest absolute Gasteiger partial charge is 0.387 e. The van der Waals surface area contributed by atoms with Gasteiger partial charge in [0.25, 0.3) is 0 Å². The van der Waals surface area contributed by atoms with E-state index in [0.29, 0.717) is 0 Å². The van der Waals surface area contributed by atoms with Crippen molar-refractivity contribution in [1.29, 1.82) is 0 Å². The van der Waals surface area contributed by atoms with Crippen LogP contribution in [0, 0.1) is 12.7 Å². The minimum absolute atomic E-state index is 0.232. The summed E-state index contributed by atoms with van der Waals surface area (Å²) in [6.07, 6.45) is 3.64. The minimum Gasteiger partial charge on any atom is -0.387 e. The lowest BCUT2D eigenvalue weighted by atomic mass is 9.71. The van der Waals surface area contributed by atoms with E-state index < -0.39 is 6.10 Å². The molecule has 2 aromatic carbocycles. The van der Waals surface area contributed by atoms with Crippen molar-refractivity contribution >= 4 is 0 Å². The molecule has 1 aliphatic carbocycles. The second-order valence-electron chi connectivity index (χ2n) is 6.13. The zero-order valence-electron chi connectivity index (χ0n) is 12.3. The Morgan fingerprint density at radius 3 is 2.33 bits per heavy atom. The van der Waals surface area contributed by atoms with Gasteiger partial charge < -0.3 is 5.11 Å². The fraction of sp³-hybridized carbons (Fsp3) is 0.368. The zero-order chi connectivity index (χ0) is 14.9. The Hall–Kier alpha value is -1.67. The standard InChI is InChI=1S/C19H21FO/c1-14-13-16(20)9-10-17(14)18(21)19(11-5-6-12-19)15-7-3-2-4-8-15/h2-4,7-10,13,18,21H,5-6,11-12H2,1H3. The summed E-state index contributed by atoms with van der Waals surface area (Å²) >= 11 is 0. The van der Waals surface area contributed by atoms with Crippen LogP contribution in [0.2, 0.25) is 0 Å². The van der Waals surface area contributed by atoms with Crippen LogP contribution in [0.15, 0.2) is 48.5 Å². The lowest BCUT2D eigenvalue weighted by Crippen LogP contribution is -2.31. The Balaban J connectivity index is 2.05. The van der Waals surface area contributed by atoms with Crippen LogP contribution in [-0.4, -0.2) is 5.11 Å². The first-order valence-electron chi connectivity index (χ1n) is 7.63. The minimum atomic E-state index is -0.581. The van der Waals surface area contributed by atoms with E-state index in [2.05, 4.69) is 12.1 Å². The summed E-state index contributed by atoms with van der Waals surface area (Å²) in [7, 11) is 0. The Morgan fingerprint density at radius 2 is 1.71 bits per heavy atom. The van der Waals surface area contributed by atoms with Crippen LogP contribution in [0.5, 0.6) is 0 Å². The first-order valence-corrected chi connectivity index (χ1v) is 7.63. The fourth-order valence-electron chi connectivity index (χ4n) is 3.74. The first kappa shape index (κ1) is 14.3. The number of aryl methyl sites for hydroxylation is 1. The first-order chi connectivity index (χ1) is 10.1. The number of rotatable bonds is 3. The van der Waals surface area contributed by atoms with Gasteiger partial charge in [-0.05, 0) is 48.6 Å². The molecule has 110 valence electrons. The molecule has 0 radical (unpaired) electrons. The van der Waals surface area contributed by atoms with E-state index in [4.69, 9.17) is 0 Å². The molecule has 0 aromatic heterocycles. The molecule has 1 nitrogen and oxygen atoms in total. The monoisotopic (exact) mass is 284 g/mol. The van der Waals surface area contributed by atoms with Gasteiger partial charge >= 0.3 is 0 Å². The SMILES string of the molecule is Cc1cc(F)ccc1C(O)C1(c2ccccc2)CCCC1. The van der Waals surface area contributed by atoms with Gasteiger partial charge in [0.1, 0.15) is 5.82 Å². The fourth-order valence-corrected chi connectivity index (χ4v) is 3.74. The Kier molecular flexibility index (Phi) is 3.81. The number of hydrogen-bond acceptors (Lipinski definition) is 1. The molecule has 3 rings (SSSR count). The van der Waals surface area contributed by atoms with Gasteiger partial charge in [0, 0.05) is 5.41 Å². The van der Waals surface area contributed by atoms with E-state index in [0.717, 1.165) is 36.8 Å². The summed E-state index contributed by atoms with van der Waals surface area (Å²) < 4.78 is 13.3. The second kappa shape index (κ2) is 5.61. The van der Waals surface area contributed by atoms with Gasteiger partial charge in [-0.15, -0.1) is 0 Å². The Bertz CT molecular complexity index is 615. The van der Waals surface area contributed by atoms with Gasteiger partial charge in [0.2, 0.25) is 0 Å². The molecule has 0 bridgehead atoms. The van der Waals surface area contributed by atoms with Gasteiger partial charge in [-0.1, -0.05) is 49.2 Å². The highest BCUT2D eigenvalue weighted by atomic mass is 19.1. The van der Waals surface area contributed by atoms with Crippen molar-refractivity contribution in [1.82, 2.24) is 0 Å². The van der Waals surface area contributed by atoms with Gasteiger partial charge in [0.05, 0.1) is 6.10 Å². The van der Waals surface area contributed by atoms with E-state index in [1.165, 1.54) is 17.7 Å². The van der Waals surface area contributed by atoms with Crippen molar-refractivity contribution in [3.05, 3.63) is 71.0 Å². The summed E-state index contributed by atoms with van der Waals surface area (Å²) in [5.41, 5.74) is 2.63. The van der Waals surface area contributed by atoms with Gasteiger partial charge in [-0.2, -0.15) is 0 Å². The lowest BCUT2D eigenvalue weighted by Gasteiger charge is -2.36. The quantitative estimate of drug-likeness (QED) is 0.867. The smallest absolute Gasteiger partial charge is 0.123 e. The average molecular weight is 284 g/mol. The van der Waals surface area contributed by atoms with E-state index in [1.807, 2.05) is 25.1 Å². The number of aliphatic hydroxyl groups excluding tert-OH is 1. The second-order valence-corrected chi connectivity index (χ2v) is 6.13. The maximum absolute atomic E-state index is 13.3. The average Bonchev–Trinajstić information content (AvgIpc) is 2.98. The van der Waals surface area contributed by atoms with E-state index in [9.17, 15) is 9.50 Å². The van der Waals surface area contributed by atoms with Crippen LogP contribution >= 0.6 is 0 Å². The van der Waals surface area contributed by atoms with Crippen LogP contribution in [0.1, 0.15) is 48.5 Å². The highest BCUT2D eigenvalue weighted by molar-refractivity contribution is 5.36. The molecule has 0 heterocycles. The molecule has 1 unspecified atom stereocenters. The van der Waals surface area contributed by atoms with Crippen molar-refractivity contribution in [2.45, 2.75) is 44.1 Å². The summed E-state index contributed by atoms with van der Waals surface area (Å²) in [5.74, 6) is -0.247. The Labute approximate surface area is 125 Å². The van der Waals surface area contributed by atoms with Crippen LogP contribution in [-0.2, 0) is 5.41 Å². The number of benzene rings is 2. The summed E-state index contributed by atoms with van der Waals surface area (Å²) in [5, 5.41) is 11.1. The summed E-state index contributed by atoms with van der Waals surface area (Å²) in [6.45, 7) is 1.87. The molecular weight excluding hydrogens is 263 g/mol. The molecule has 1 fully saturated rings. The molecular formula is C19H21FO. The number of hydrogen-bond donors (Lipinski definition) is 1. The summed E-state index contributed by atoms with van der Waals surface area (Å²) in [6, 6.07) is 14.9. The van der Waals surface area contributed by atoms with Gasteiger partial charge in [-0.3, -0.25) is 0 Å². The maximum Gasteiger partial charge on any atom is 0.123 e. The highest BCUT2D eigenvalue weighted by Gasteiger charge is 2.43. The van der Waals surface area contributed by atoms with Crippen molar-refractivity contribution < 1.29 is 9.50 Å². The van der Waals surface area contributed by atoms with Gasteiger partial charge in [0.15, 0.2) is 0 Å². The zero-order valence-corrected chi connectivity index (χ0v) is 12.3. The Morgan fingerprint density at radius 1 is 1.05 bits per heavy atom. The number of halogens is 1. The van der Waals surface area contributed by atoms with Crippen molar-refractivity contribution in [2.75, 3.05) is 0 Å².